The molecule has 1 aliphatic heterocycles. The number of carbonyl (C=O) groups is 2. The first-order valence-electron chi connectivity index (χ1n) is 10.7. The average Bonchev–Trinajstić information content (AvgIpc) is 3.53. The molecule has 0 saturated carbocycles. The van der Waals surface area contributed by atoms with Crippen molar-refractivity contribution < 1.29 is 31.9 Å². The number of halogens is 2. The van der Waals surface area contributed by atoms with Crippen molar-refractivity contribution in [2.24, 2.45) is 0 Å². The van der Waals surface area contributed by atoms with Crippen LogP contribution in [0.3, 0.4) is 0 Å². The highest BCUT2D eigenvalue weighted by atomic mass is 19.3. The largest absolute Gasteiger partial charge is 0.424 e. The Morgan fingerprint density at radius 1 is 1.17 bits per heavy atom. The lowest BCUT2D eigenvalue weighted by Crippen LogP contribution is -2.42. The molecule has 0 bridgehead atoms. The zero-order chi connectivity index (χ0) is 24.6. The first kappa shape index (κ1) is 22.4. The van der Waals surface area contributed by atoms with Gasteiger partial charge in [0.2, 0.25) is 6.39 Å². The number of rotatable bonds is 4. The molecule has 0 aliphatic carbocycles. The number of carbonyl (C=O) groups excluding carboxylic acids is 2. The minimum Gasteiger partial charge on any atom is -0.424 e. The lowest BCUT2D eigenvalue weighted by Gasteiger charge is -2.31. The summed E-state index contributed by atoms with van der Waals surface area (Å²) in [6.07, 6.45) is 1.20. The Bertz CT molecular complexity index is 1380. The van der Waals surface area contributed by atoms with Gasteiger partial charge in [-0.15, -0.1) is 10.2 Å². The fourth-order valence-electron chi connectivity index (χ4n) is 3.83. The number of pyridine rings is 1. The summed E-state index contributed by atoms with van der Waals surface area (Å²) < 4.78 is 42.9. The lowest BCUT2D eigenvalue weighted by molar-refractivity contribution is -0.0494. The molecule has 0 radical (unpaired) electrons. The van der Waals surface area contributed by atoms with E-state index >= 15 is 0 Å². The highest BCUT2D eigenvalue weighted by molar-refractivity contribution is 5.96. The van der Waals surface area contributed by atoms with Gasteiger partial charge < -0.3 is 23.8 Å². The number of piperidine rings is 1. The van der Waals surface area contributed by atoms with Gasteiger partial charge in [-0.1, -0.05) is 0 Å². The van der Waals surface area contributed by atoms with Crippen LogP contribution in [-0.4, -0.2) is 58.1 Å². The summed E-state index contributed by atoms with van der Waals surface area (Å²) in [4.78, 5) is 30.1. The van der Waals surface area contributed by atoms with E-state index < -0.39 is 12.0 Å². The van der Waals surface area contributed by atoms with E-state index in [1.807, 2.05) is 0 Å². The molecule has 35 heavy (non-hydrogen) atoms. The van der Waals surface area contributed by atoms with E-state index in [0.29, 0.717) is 33.4 Å². The van der Waals surface area contributed by atoms with Crippen molar-refractivity contribution in [3.63, 3.8) is 0 Å². The van der Waals surface area contributed by atoms with E-state index in [9.17, 15) is 18.4 Å². The van der Waals surface area contributed by atoms with Crippen molar-refractivity contribution >= 4 is 23.0 Å². The van der Waals surface area contributed by atoms with Crippen LogP contribution in [0, 0.1) is 0 Å². The Morgan fingerprint density at radius 2 is 1.97 bits per heavy atom. The normalized spacial score (nSPS) is 15.2. The molecular weight excluding hydrogens is 464 g/mol. The molecule has 5 rings (SSSR count). The van der Waals surface area contributed by atoms with Crippen LogP contribution in [-0.2, 0) is 0 Å². The summed E-state index contributed by atoms with van der Waals surface area (Å²) in [6.45, 7) is -0.00249. The van der Waals surface area contributed by atoms with Crippen molar-refractivity contribution in [2.75, 3.05) is 20.1 Å². The Balaban J connectivity index is 1.46. The molecule has 1 fully saturated rings. The predicted octanol–water partition coefficient (Wildman–Crippen LogP) is 4.13. The van der Waals surface area contributed by atoms with E-state index in [4.69, 9.17) is 13.6 Å². The third-order valence-corrected chi connectivity index (χ3v) is 5.67. The number of furan rings is 1. The second kappa shape index (κ2) is 8.78. The standard InChI is InChI=1S/C23H19F2N5O5/c1-26-22(32)35-18-10-15-8-14(9-16(19(15)34-18)20-29-28-12-33-20)17-3-2-13(11-27-17)21(31)30-6-4-23(24,25)5-7-30/h2-3,8-12H,4-7H2,1H3,(H,26,32). The van der Waals surface area contributed by atoms with Gasteiger partial charge in [0.05, 0.1) is 16.8 Å². The second-order valence-corrected chi connectivity index (χ2v) is 7.97. The van der Waals surface area contributed by atoms with Crippen molar-refractivity contribution in [1.29, 1.82) is 0 Å². The maximum atomic E-state index is 13.4. The molecule has 0 atom stereocenters. The molecule has 4 heterocycles. The molecule has 2 amide bonds. The lowest BCUT2D eigenvalue weighted by atomic mass is 10.0. The van der Waals surface area contributed by atoms with E-state index in [1.54, 1.807) is 24.3 Å². The Labute approximate surface area is 196 Å². The number of hydrogen-bond donors (Lipinski definition) is 1. The summed E-state index contributed by atoms with van der Waals surface area (Å²) >= 11 is 0. The minimum atomic E-state index is -2.73. The van der Waals surface area contributed by atoms with Gasteiger partial charge in [0.25, 0.3) is 23.7 Å². The topological polar surface area (TPSA) is 124 Å². The third-order valence-electron chi connectivity index (χ3n) is 5.67. The number of fused-ring (bicyclic) bond motifs is 1. The molecule has 1 saturated heterocycles. The molecule has 180 valence electrons. The maximum Gasteiger partial charge on any atom is 0.414 e. The molecule has 12 heteroatoms. The van der Waals surface area contributed by atoms with Gasteiger partial charge in [-0.25, -0.2) is 13.6 Å². The second-order valence-electron chi connectivity index (χ2n) is 7.97. The number of benzene rings is 1. The summed E-state index contributed by atoms with van der Waals surface area (Å²) in [7, 11) is 1.42. The number of aromatic nitrogens is 3. The number of likely N-dealkylation sites (tertiary alicyclic amines) is 1. The van der Waals surface area contributed by atoms with Crippen LogP contribution in [0.5, 0.6) is 5.95 Å². The quantitative estimate of drug-likeness (QED) is 0.460. The van der Waals surface area contributed by atoms with Crippen molar-refractivity contribution in [3.05, 3.63) is 48.5 Å². The van der Waals surface area contributed by atoms with E-state index in [-0.39, 0.29) is 43.7 Å². The van der Waals surface area contributed by atoms with Gasteiger partial charge in [0, 0.05) is 56.2 Å². The van der Waals surface area contributed by atoms with Gasteiger partial charge >= 0.3 is 6.09 Å². The summed E-state index contributed by atoms with van der Waals surface area (Å²) in [5.41, 5.74) is 2.31. The fraction of sp³-hybridized carbons (Fsp3) is 0.261. The van der Waals surface area contributed by atoms with Crippen molar-refractivity contribution in [2.45, 2.75) is 18.8 Å². The minimum absolute atomic E-state index is 0.00125. The van der Waals surface area contributed by atoms with Gasteiger partial charge in [-0.2, -0.15) is 0 Å². The van der Waals surface area contributed by atoms with Crippen molar-refractivity contribution in [3.8, 4) is 28.7 Å². The number of amides is 2. The Kier molecular flexibility index (Phi) is 5.63. The highest BCUT2D eigenvalue weighted by Gasteiger charge is 2.35. The van der Waals surface area contributed by atoms with Gasteiger partial charge in [0.1, 0.15) is 0 Å². The van der Waals surface area contributed by atoms with E-state index in [0.717, 1.165) is 0 Å². The fourth-order valence-corrected chi connectivity index (χ4v) is 3.83. The first-order valence-corrected chi connectivity index (χ1v) is 10.7. The highest BCUT2D eigenvalue weighted by Crippen LogP contribution is 2.37. The first-order chi connectivity index (χ1) is 16.8. The smallest absolute Gasteiger partial charge is 0.414 e. The molecular formula is C23H19F2N5O5. The number of hydrogen-bond acceptors (Lipinski definition) is 8. The SMILES string of the molecule is CNC(=O)Oc1cc2cc(-c3ccc(C(=O)N4CCC(F)(F)CC4)cn3)cc(-c3nnco3)c2o1. The van der Waals surface area contributed by atoms with Crippen LogP contribution in [0.15, 0.2) is 51.8 Å². The third kappa shape index (κ3) is 4.54. The summed E-state index contributed by atoms with van der Waals surface area (Å²) in [5.74, 6) is -2.91. The monoisotopic (exact) mass is 483 g/mol. The van der Waals surface area contributed by atoms with Crippen LogP contribution in [0.25, 0.3) is 33.7 Å². The maximum absolute atomic E-state index is 13.4. The molecule has 1 aromatic carbocycles. The molecule has 4 aromatic rings. The van der Waals surface area contributed by atoms with Gasteiger partial charge in [-0.3, -0.25) is 9.78 Å². The predicted molar refractivity (Wildman–Crippen MR) is 118 cm³/mol. The summed E-state index contributed by atoms with van der Waals surface area (Å²) in [6, 6.07) is 8.29. The molecule has 0 spiro atoms. The van der Waals surface area contributed by atoms with Crippen LogP contribution < -0.4 is 10.1 Å². The van der Waals surface area contributed by atoms with Crippen LogP contribution in [0.1, 0.15) is 23.2 Å². The number of ether oxygens (including phenoxy) is 1. The van der Waals surface area contributed by atoms with E-state index in [2.05, 4.69) is 20.5 Å². The van der Waals surface area contributed by atoms with Crippen LogP contribution in [0.2, 0.25) is 0 Å². The van der Waals surface area contributed by atoms with E-state index in [1.165, 1.54) is 30.6 Å². The molecule has 1 aliphatic rings. The van der Waals surface area contributed by atoms with Crippen molar-refractivity contribution in [1.82, 2.24) is 25.4 Å². The summed E-state index contributed by atoms with van der Waals surface area (Å²) in [5, 5.41) is 10.6. The number of alkyl halides is 2. The number of nitrogens with one attached hydrogen (secondary N) is 1. The zero-order valence-electron chi connectivity index (χ0n) is 18.5. The zero-order valence-corrected chi connectivity index (χ0v) is 18.5. The Hall–Kier alpha value is -4.35. The molecule has 0 unspecified atom stereocenters. The molecule has 3 aromatic heterocycles. The van der Waals surface area contributed by atoms with Crippen LogP contribution >= 0.6 is 0 Å². The van der Waals surface area contributed by atoms with Crippen LogP contribution in [0.4, 0.5) is 13.6 Å². The van der Waals surface area contributed by atoms with Gasteiger partial charge in [-0.05, 0) is 24.3 Å². The van der Waals surface area contributed by atoms with Gasteiger partial charge in [0.15, 0.2) is 5.58 Å². The molecule has 10 nitrogen and oxygen atoms in total. The average molecular weight is 483 g/mol. The number of nitrogens with zero attached hydrogens (tertiary/aromatic N) is 4. The Morgan fingerprint density at radius 3 is 2.63 bits per heavy atom. The molecule has 1 N–H and O–H groups in total.